The SMILES string of the molecule is C=CO/C(C)=C(/C#N)C(=O)OCC. The third-order valence-corrected chi connectivity index (χ3v) is 1.20. The van der Waals surface area contributed by atoms with Crippen molar-refractivity contribution in [2.24, 2.45) is 0 Å². The molecule has 4 heteroatoms. The van der Waals surface area contributed by atoms with E-state index in [2.05, 4.69) is 11.3 Å². The molecule has 0 radical (unpaired) electrons. The molecule has 0 aliphatic rings. The van der Waals surface area contributed by atoms with Crippen LogP contribution >= 0.6 is 0 Å². The molecule has 0 fully saturated rings. The van der Waals surface area contributed by atoms with Crippen molar-refractivity contribution in [1.82, 2.24) is 0 Å². The molecule has 0 heterocycles. The maximum atomic E-state index is 11.1. The highest BCUT2D eigenvalue weighted by atomic mass is 16.5. The van der Waals surface area contributed by atoms with E-state index >= 15 is 0 Å². The summed E-state index contributed by atoms with van der Waals surface area (Å²) in [6, 6.07) is 1.70. The molecule has 0 unspecified atom stereocenters. The lowest BCUT2D eigenvalue weighted by molar-refractivity contribution is -0.138. The van der Waals surface area contributed by atoms with Crippen molar-refractivity contribution in [3.63, 3.8) is 0 Å². The van der Waals surface area contributed by atoms with Crippen molar-refractivity contribution >= 4 is 5.97 Å². The number of hydrogen-bond acceptors (Lipinski definition) is 4. The Kier molecular flexibility index (Phi) is 5.05. The van der Waals surface area contributed by atoms with Gasteiger partial charge in [-0.25, -0.2) is 4.79 Å². The Morgan fingerprint density at radius 1 is 1.69 bits per heavy atom. The van der Waals surface area contributed by atoms with Gasteiger partial charge >= 0.3 is 5.97 Å². The van der Waals surface area contributed by atoms with Crippen molar-refractivity contribution in [3.05, 3.63) is 24.2 Å². The lowest BCUT2D eigenvalue weighted by Crippen LogP contribution is -2.08. The van der Waals surface area contributed by atoms with Gasteiger partial charge in [0, 0.05) is 0 Å². The van der Waals surface area contributed by atoms with Crippen LogP contribution < -0.4 is 0 Å². The van der Waals surface area contributed by atoms with Crippen molar-refractivity contribution in [1.29, 1.82) is 5.26 Å². The minimum Gasteiger partial charge on any atom is -0.469 e. The molecule has 0 aromatic heterocycles. The van der Waals surface area contributed by atoms with Crippen LogP contribution in [0.2, 0.25) is 0 Å². The number of hydrogen-bond donors (Lipinski definition) is 0. The van der Waals surface area contributed by atoms with E-state index in [1.54, 1.807) is 13.0 Å². The minimum atomic E-state index is -0.677. The number of allylic oxidation sites excluding steroid dienone is 1. The quantitative estimate of drug-likeness (QED) is 0.285. The molecule has 0 amide bonds. The zero-order valence-electron chi connectivity index (χ0n) is 7.66. The van der Waals surface area contributed by atoms with E-state index in [1.165, 1.54) is 6.92 Å². The lowest BCUT2D eigenvalue weighted by atomic mass is 10.2. The molecule has 70 valence electrons. The molecule has 0 bridgehead atoms. The molecule has 0 saturated heterocycles. The second-order valence-electron chi connectivity index (χ2n) is 2.05. The smallest absolute Gasteiger partial charge is 0.352 e. The first-order chi connectivity index (χ1) is 6.17. The van der Waals surface area contributed by atoms with Gasteiger partial charge < -0.3 is 9.47 Å². The Balaban J connectivity index is 4.68. The molecular formula is C9H11NO3. The van der Waals surface area contributed by atoms with Crippen LogP contribution in [0, 0.1) is 11.3 Å². The fourth-order valence-corrected chi connectivity index (χ4v) is 0.655. The molecule has 0 aliphatic carbocycles. The molecule has 0 saturated carbocycles. The summed E-state index contributed by atoms with van der Waals surface area (Å²) in [6.45, 7) is 6.69. The lowest BCUT2D eigenvalue weighted by Gasteiger charge is -2.03. The van der Waals surface area contributed by atoms with Gasteiger partial charge in [0.2, 0.25) is 0 Å². The predicted octanol–water partition coefficient (Wildman–Crippen LogP) is 1.51. The summed E-state index contributed by atoms with van der Waals surface area (Å²) in [7, 11) is 0. The molecule has 0 N–H and O–H groups in total. The van der Waals surface area contributed by atoms with Crippen LogP contribution in [-0.4, -0.2) is 12.6 Å². The maximum absolute atomic E-state index is 11.1. The fourth-order valence-electron chi connectivity index (χ4n) is 0.655. The molecule has 13 heavy (non-hydrogen) atoms. The van der Waals surface area contributed by atoms with Gasteiger partial charge in [0.25, 0.3) is 0 Å². The number of carbonyl (C=O) groups excluding carboxylic acids is 1. The van der Waals surface area contributed by atoms with Crippen molar-refractivity contribution in [2.45, 2.75) is 13.8 Å². The second-order valence-corrected chi connectivity index (χ2v) is 2.05. The summed E-state index contributed by atoms with van der Waals surface area (Å²) in [5.74, 6) is -0.486. The maximum Gasteiger partial charge on any atom is 0.352 e. The van der Waals surface area contributed by atoms with Crippen LogP contribution in [0.25, 0.3) is 0 Å². The first kappa shape index (κ1) is 11.2. The van der Waals surface area contributed by atoms with E-state index in [-0.39, 0.29) is 17.9 Å². The average molecular weight is 181 g/mol. The average Bonchev–Trinajstić information content (AvgIpc) is 2.06. The highest BCUT2D eigenvalue weighted by molar-refractivity contribution is 5.93. The van der Waals surface area contributed by atoms with Gasteiger partial charge in [-0.15, -0.1) is 0 Å². The molecular weight excluding hydrogens is 170 g/mol. The van der Waals surface area contributed by atoms with E-state index in [9.17, 15) is 4.79 Å². The number of rotatable bonds is 4. The van der Waals surface area contributed by atoms with Crippen LogP contribution in [0.4, 0.5) is 0 Å². The zero-order valence-corrected chi connectivity index (χ0v) is 7.66. The van der Waals surface area contributed by atoms with Crippen LogP contribution in [0.5, 0.6) is 0 Å². The molecule has 0 spiro atoms. The normalized spacial score (nSPS) is 10.8. The minimum absolute atomic E-state index is 0.137. The van der Waals surface area contributed by atoms with Gasteiger partial charge in [-0.3, -0.25) is 0 Å². The second kappa shape index (κ2) is 5.84. The number of carbonyl (C=O) groups is 1. The summed E-state index contributed by atoms with van der Waals surface area (Å²) in [4.78, 5) is 11.1. The van der Waals surface area contributed by atoms with E-state index in [0.717, 1.165) is 6.26 Å². The van der Waals surface area contributed by atoms with Gasteiger partial charge in [0.1, 0.15) is 11.8 Å². The van der Waals surface area contributed by atoms with Crippen molar-refractivity contribution in [3.8, 4) is 6.07 Å². The van der Waals surface area contributed by atoms with Crippen molar-refractivity contribution < 1.29 is 14.3 Å². The number of esters is 1. The Morgan fingerprint density at radius 3 is 2.69 bits per heavy atom. The standard InChI is InChI=1S/C9H11NO3/c1-4-12-7(3)8(6-10)9(11)13-5-2/h4H,1,5H2,2-3H3/b8-7-. The third-order valence-electron chi connectivity index (χ3n) is 1.20. The van der Waals surface area contributed by atoms with Crippen molar-refractivity contribution in [2.75, 3.05) is 6.61 Å². The highest BCUT2D eigenvalue weighted by Crippen LogP contribution is 2.06. The summed E-state index contributed by atoms with van der Waals surface area (Å²) in [5.41, 5.74) is -0.137. The molecule has 0 aromatic rings. The molecule has 0 rings (SSSR count). The van der Waals surface area contributed by atoms with E-state index in [4.69, 9.17) is 10.00 Å². The first-order valence-electron chi connectivity index (χ1n) is 3.73. The fraction of sp³-hybridized carbons (Fsp3) is 0.333. The summed E-state index contributed by atoms with van der Waals surface area (Å²) in [6.07, 6.45) is 1.14. The Bertz CT molecular complexity index is 273. The molecule has 0 aliphatic heterocycles. The van der Waals surface area contributed by atoms with E-state index in [1.807, 2.05) is 0 Å². The monoisotopic (exact) mass is 181 g/mol. The van der Waals surface area contributed by atoms with Gasteiger partial charge in [-0.1, -0.05) is 6.58 Å². The number of nitrogens with zero attached hydrogens (tertiary/aromatic N) is 1. The summed E-state index contributed by atoms with van der Waals surface area (Å²) < 4.78 is 9.41. The molecule has 0 aromatic carbocycles. The Hall–Kier alpha value is -1.76. The topological polar surface area (TPSA) is 59.3 Å². The molecule has 4 nitrogen and oxygen atoms in total. The zero-order chi connectivity index (χ0) is 10.3. The Morgan fingerprint density at radius 2 is 2.31 bits per heavy atom. The number of ether oxygens (including phenoxy) is 2. The van der Waals surface area contributed by atoms with Gasteiger partial charge in [-0.05, 0) is 13.8 Å². The predicted molar refractivity (Wildman–Crippen MR) is 46.2 cm³/mol. The van der Waals surface area contributed by atoms with Crippen LogP contribution in [0.1, 0.15) is 13.8 Å². The van der Waals surface area contributed by atoms with Gasteiger partial charge in [0.05, 0.1) is 12.9 Å². The van der Waals surface area contributed by atoms with E-state index in [0.29, 0.717) is 0 Å². The largest absolute Gasteiger partial charge is 0.469 e. The summed E-state index contributed by atoms with van der Waals surface area (Å²) in [5, 5.41) is 8.60. The third kappa shape index (κ3) is 3.43. The number of nitriles is 1. The van der Waals surface area contributed by atoms with Crippen LogP contribution in [0.15, 0.2) is 24.2 Å². The van der Waals surface area contributed by atoms with E-state index < -0.39 is 5.97 Å². The summed E-state index contributed by atoms with van der Waals surface area (Å²) >= 11 is 0. The Labute approximate surface area is 77.1 Å². The molecule has 0 atom stereocenters. The van der Waals surface area contributed by atoms with Crippen LogP contribution in [0.3, 0.4) is 0 Å². The van der Waals surface area contributed by atoms with Crippen LogP contribution in [-0.2, 0) is 14.3 Å². The highest BCUT2D eigenvalue weighted by Gasteiger charge is 2.14. The van der Waals surface area contributed by atoms with Gasteiger partial charge in [-0.2, -0.15) is 5.26 Å². The van der Waals surface area contributed by atoms with Gasteiger partial charge in [0.15, 0.2) is 5.57 Å². The first-order valence-corrected chi connectivity index (χ1v) is 3.73.